The highest BCUT2D eigenvalue weighted by atomic mass is 35.5. The van der Waals surface area contributed by atoms with Crippen LogP contribution in [0.25, 0.3) is 0 Å². The maximum Gasteiger partial charge on any atom is 0.414 e. The van der Waals surface area contributed by atoms with Crippen LogP contribution in [-0.4, -0.2) is 62.3 Å². The van der Waals surface area contributed by atoms with Crippen LogP contribution < -0.4 is 0 Å². The molecule has 0 rings (SSSR count). The quantitative estimate of drug-likeness (QED) is 0.173. The van der Waals surface area contributed by atoms with Gasteiger partial charge in [0.15, 0.2) is 0 Å². The minimum Gasteiger partial charge on any atom is -0.483 e. The van der Waals surface area contributed by atoms with E-state index in [-0.39, 0.29) is 18.9 Å². The zero-order valence-electron chi connectivity index (χ0n) is 9.03. The average Bonchev–Trinajstić information content (AvgIpc) is 2.00. The number of carboxylic acids is 3. The molecular formula is C5H11ClO12S. The maximum absolute atomic E-state index is 9.10. The second-order valence-corrected chi connectivity index (χ2v) is 2.58. The van der Waals surface area contributed by atoms with Crippen LogP contribution in [0.4, 0.5) is 0 Å². The zero-order valence-corrected chi connectivity index (χ0v) is 10.7. The van der Waals surface area contributed by atoms with Crippen molar-refractivity contribution in [1.82, 2.24) is 0 Å². The van der Waals surface area contributed by atoms with Crippen molar-refractivity contribution in [3.63, 3.8) is 0 Å². The molecule has 19 heavy (non-hydrogen) atoms. The van der Waals surface area contributed by atoms with Crippen LogP contribution in [0.15, 0.2) is 0 Å². The highest BCUT2D eigenvalue weighted by molar-refractivity contribution is 7.79. The van der Waals surface area contributed by atoms with Crippen molar-refractivity contribution < 1.29 is 57.1 Å². The first-order valence-corrected chi connectivity index (χ1v) is 4.62. The first kappa shape index (κ1) is 30.2. The SMILES string of the molecule is CC(=O)O.Cl.O=C(O)C(=O)O.O=CO.O=S(=O)(O)O. The van der Waals surface area contributed by atoms with Crippen LogP contribution in [-0.2, 0) is 29.6 Å². The lowest BCUT2D eigenvalue weighted by molar-refractivity contribution is -0.159. The number of rotatable bonds is 0. The van der Waals surface area contributed by atoms with Gasteiger partial charge >= 0.3 is 22.3 Å². The third kappa shape index (κ3) is 760. The summed E-state index contributed by atoms with van der Waals surface area (Å²) in [5.74, 6) is -4.48. The molecule has 0 aliphatic rings. The van der Waals surface area contributed by atoms with Crippen molar-refractivity contribution in [3.05, 3.63) is 0 Å². The smallest absolute Gasteiger partial charge is 0.414 e. The van der Waals surface area contributed by atoms with E-state index >= 15 is 0 Å². The Morgan fingerprint density at radius 1 is 0.947 bits per heavy atom. The summed E-state index contributed by atoms with van der Waals surface area (Å²) in [6.45, 7) is 0.833. The number of aliphatic carboxylic acids is 3. The normalized spacial score (nSPS) is 7.32. The lowest BCUT2D eigenvalue weighted by Crippen LogP contribution is -2.09. The molecule has 0 fully saturated rings. The highest BCUT2D eigenvalue weighted by Crippen LogP contribution is 1.59. The Balaban J connectivity index is -0.0000000464. The van der Waals surface area contributed by atoms with Gasteiger partial charge in [-0.2, -0.15) is 8.42 Å². The molecule has 12 nitrogen and oxygen atoms in total. The Morgan fingerprint density at radius 2 is 1.00 bits per heavy atom. The minimum absolute atomic E-state index is 0. The zero-order chi connectivity index (χ0) is 15.9. The van der Waals surface area contributed by atoms with Gasteiger partial charge < -0.3 is 20.4 Å². The molecule has 14 heteroatoms. The molecule has 0 saturated heterocycles. The number of hydrogen-bond donors (Lipinski definition) is 6. The van der Waals surface area contributed by atoms with Gasteiger partial charge in [-0.25, -0.2) is 9.59 Å². The van der Waals surface area contributed by atoms with Gasteiger partial charge in [-0.3, -0.25) is 18.7 Å². The fourth-order valence-corrected chi connectivity index (χ4v) is 0. The molecule has 0 aliphatic carbocycles. The van der Waals surface area contributed by atoms with Gasteiger partial charge in [0.05, 0.1) is 0 Å². The van der Waals surface area contributed by atoms with E-state index < -0.39 is 28.3 Å². The summed E-state index contributed by atoms with van der Waals surface area (Å²) in [5, 5.41) is 29.1. The molecule has 0 spiro atoms. The van der Waals surface area contributed by atoms with E-state index in [4.69, 9.17) is 57.1 Å². The first-order valence-electron chi connectivity index (χ1n) is 3.23. The Kier molecular flexibility index (Phi) is 29.3. The fraction of sp³-hybridized carbons (Fsp3) is 0.200. The van der Waals surface area contributed by atoms with E-state index in [0.29, 0.717) is 0 Å². The second-order valence-electron chi connectivity index (χ2n) is 1.68. The van der Waals surface area contributed by atoms with Gasteiger partial charge in [-0.15, -0.1) is 12.4 Å². The van der Waals surface area contributed by atoms with Crippen molar-refractivity contribution in [2.24, 2.45) is 0 Å². The Hall–Kier alpha value is -1.96. The second kappa shape index (κ2) is 18.4. The molecule has 0 unspecified atom stereocenters. The van der Waals surface area contributed by atoms with E-state index in [2.05, 4.69) is 0 Å². The van der Waals surface area contributed by atoms with Gasteiger partial charge in [-0.1, -0.05) is 0 Å². The largest absolute Gasteiger partial charge is 0.483 e. The Morgan fingerprint density at radius 3 is 1.00 bits per heavy atom. The van der Waals surface area contributed by atoms with Crippen molar-refractivity contribution >= 4 is 47.2 Å². The van der Waals surface area contributed by atoms with Crippen LogP contribution in [0, 0.1) is 0 Å². The predicted octanol–water partition coefficient (Wildman–Crippen LogP) is -1.28. The topological polar surface area (TPSA) is 224 Å². The molecule has 6 N–H and O–H groups in total. The third-order valence-electron chi connectivity index (χ3n) is 0.183. The summed E-state index contributed by atoms with van der Waals surface area (Å²) >= 11 is 0. The summed E-state index contributed by atoms with van der Waals surface area (Å²) in [4.78, 5) is 35.6. The summed E-state index contributed by atoms with van der Waals surface area (Å²) in [5.41, 5.74) is 0. The standard InChI is InChI=1S/C2H2O4.C2H4O2.CH2O2.ClH.H2O4S/c3-1(4)2(5)6;1-2(3)4;2-1-3;;1-5(2,3)4/h(H,3,4)(H,5,6);1H3,(H,3,4);1H,(H,2,3);1H;(H2,1,2,3,4). The van der Waals surface area contributed by atoms with Crippen LogP contribution in [0.2, 0.25) is 0 Å². The van der Waals surface area contributed by atoms with Gasteiger partial charge in [0, 0.05) is 6.92 Å². The summed E-state index contributed by atoms with van der Waals surface area (Å²) in [6.07, 6.45) is 0. The van der Waals surface area contributed by atoms with Crippen molar-refractivity contribution in [1.29, 1.82) is 0 Å². The summed E-state index contributed by atoms with van der Waals surface area (Å²) in [7, 11) is -4.67. The average molecular weight is 331 g/mol. The van der Waals surface area contributed by atoms with E-state index in [1.54, 1.807) is 0 Å². The fourth-order valence-electron chi connectivity index (χ4n) is 0. The molecule has 0 radical (unpaired) electrons. The molecule has 0 aromatic carbocycles. The van der Waals surface area contributed by atoms with Gasteiger partial charge in [-0.05, 0) is 0 Å². The van der Waals surface area contributed by atoms with Crippen LogP contribution in [0.5, 0.6) is 0 Å². The van der Waals surface area contributed by atoms with E-state index in [1.165, 1.54) is 0 Å². The molecule has 0 aromatic rings. The summed E-state index contributed by atoms with van der Waals surface area (Å²) in [6, 6.07) is 0. The first-order chi connectivity index (χ1) is 7.79. The lowest BCUT2D eigenvalue weighted by atomic mass is 10.7. The number of carbonyl (C=O) groups is 4. The molecule has 0 saturated carbocycles. The molecule has 0 aliphatic heterocycles. The minimum atomic E-state index is -4.67. The monoisotopic (exact) mass is 330 g/mol. The van der Waals surface area contributed by atoms with E-state index in [9.17, 15) is 0 Å². The molecular weight excluding hydrogens is 320 g/mol. The Labute approximate surface area is 112 Å². The predicted molar refractivity (Wildman–Crippen MR) is 58.7 cm³/mol. The van der Waals surface area contributed by atoms with Crippen molar-refractivity contribution in [3.8, 4) is 0 Å². The molecule has 116 valence electrons. The number of hydrogen-bond acceptors (Lipinski definition) is 6. The number of carboxylic acid groups (broad SMARTS) is 4. The molecule has 0 bridgehead atoms. The molecule has 0 heterocycles. The molecule has 0 amide bonds. The van der Waals surface area contributed by atoms with Crippen molar-refractivity contribution in [2.45, 2.75) is 6.92 Å². The van der Waals surface area contributed by atoms with Gasteiger partial charge in [0.1, 0.15) is 0 Å². The van der Waals surface area contributed by atoms with Crippen LogP contribution in [0.1, 0.15) is 6.92 Å². The Bertz CT molecular complexity index is 334. The maximum atomic E-state index is 9.10. The van der Waals surface area contributed by atoms with Crippen LogP contribution >= 0.6 is 12.4 Å². The molecule has 0 aromatic heterocycles. The van der Waals surface area contributed by atoms with Gasteiger partial charge in [0.2, 0.25) is 0 Å². The van der Waals surface area contributed by atoms with Crippen molar-refractivity contribution in [2.75, 3.05) is 0 Å². The molecule has 0 atom stereocenters. The van der Waals surface area contributed by atoms with E-state index in [0.717, 1.165) is 6.92 Å². The third-order valence-corrected chi connectivity index (χ3v) is 0.183. The summed E-state index contributed by atoms with van der Waals surface area (Å²) < 4.78 is 31.6. The van der Waals surface area contributed by atoms with Crippen LogP contribution in [0.3, 0.4) is 0 Å². The van der Waals surface area contributed by atoms with E-state index in [1.807, 2.05) is 0 Å². The van der Waals surface area contributed by atoms with Gasteiger partial charge in [0.25, 0.3) is 12.4 Å². The highest BCUT2D eigenvalue weighted by Gasteiger charge is 2.04. The lowest BCUT2D eigenvalue weighted by Gasteiger charge is -1.72. The number of halogens is 1.